The van der Waals surface area contributed by atoms with Crippen molar-refractivity contribution in [3.63, 3.8) is 0 Å². The maximum atomic E-state index is 12.4. The van der Waals surface area contributed by atoms with Gasteiger partial charge >= 0.3 is 0 Å². The van der Waals surface area contributed by atoms with E-state index in [0.717, 1.165) is 22.6 Å². The number of carbonyl (C=O) groups is 1. The first-order valence-electron chi connectivity index (χ1n) is 9.15. The topological polar surface area (TPSA) is 99.6 Å². The first kappa shape index (κ1) is 19.3. The molecule has 2 heterocycles. The smallest absolute Gasteiger partial charge is 0.290 e. The van der Waals surface area contributed by atoms with Gasteiger partial charge in [0.05, 0.1) is 20.8 Å². The van der Waals surface area contributed by atoms with Crippen LogP contribution in [-0.4, -0.2) is 30.4 Å². The summed E-state index contributed by atoms with van der Waals surface area (Å²) in [5.74, 6) is 1.72. The van der Waals surface area contributed by atoms with Crippen molar-refractivity contribution < 1.29 is 23.3 Å². The van der Waals surface area contributed by atoms with Crippen LogP contribution in [0.3, 0.4) is 0 Å². The van der Waals surface area contributed by atoms with Crippen LogP contribution in [0.5, 0.6) is 11.5 Å². The highest BCUT2D eigenvalue weighted by Gasteiger charge is 2.15. The molecule has 0 saturated heterocycles. The third-order valence-electron chi connectivity index (χ3n) is 4.49. The number of amides is 1. The van der Waals surface area contributed by atoms with E-state index >= 15 is 0 Å². The van der Waals surface area contributed by atoms with E-state index in [2.05, 4.69) is 15.6 Å². The summed E-state index contributed by atoms with van der Waals surface area (Å²) in [5.41, 5.74) is 2.93. The molecular formula is C22H19N3O5. The van der Waals surface area contributed by atoms with Gasteiger partial charge in [-0.15, -0.1) is 0 Å². The Balaban J connectivity index is 1.38. The summed E-state index contributed by atoms with van der Waals surface area (Å²) < 4.78 is 20.8. The lowest BCUT2D eigenvalue weighted by Gasteiger charge is -2.00. The molecule has 0 bridgehead atoms. The van der Waals surface area contributed by atoms with Gasteiger partial charge in [-0.05, 0) is 48.5 Å². The van der Waals surface area contributed by atoms with Gasteiger partial charge in [0.1, 0.15) is 22.9 Å². The largest absolute Gasteiger partial charge is 0.497 e. The van der Waals surface area contributed by atoms with Gasteiger partial charge in [0.2, 0.25) is 5.76 Å². The average molecular weight is 405 g/mol. The Bertz CT molecular complexity index is 1130. The highest BCUT2D eigenvalue weighted by Crippen LogP contribution is 2.23. The molecule has 1 N–H and O–H groups in total. The lowest BCUT2D eigenvalue weighted by atomic mass is 10.1. The summed E-state index contributed by atoms with van der Waals surface area (Å²) in [4.78, 5) is 12.4. The Morgan fingerprint density at radius 2 is 1.37 bits per heavy atom. The minimum atomic E-state index is -0.398. The number of benzene rings is 2. The molecule has 0 fully saturated rings. The monoisotopic (exact) mass is 405 g/mol. The van der Waals surface area contributed by atoms with Crippen LogP contribution in [-0.2, 0) is 6.54 Å². The summed E-state index contributed by atoms with van der Waals surface area (Å²) in [6.07, 6.45) is 0. The van der Waals surface area contributed by atoms with E-state index in [4.69, 9.17) is 18.5 Å². The van der Waals surface area contributed by atoms with Crippen LogP contribution in [0, 0.1) is 0 Å². The minimum absolute atomic E-state index is 0.107. The van der Waals surface area contributed by atoms with Gasteiger partial charge in [-0.2, -0.15) is 0 Å². The zero-order valence-electron chi connectivity index (χ0n) is 16.4. The molecule has 4 rings (SSSR count). The highest BCUT2D eigenvalue weighted by molar-refractivity contribution is 5.92. The van der Waals surface area contributed by atoms with Gasteiger partial charge in [0, 0.05) is 23.3 Å². The van der Waals surface area contributed by atoms with Crippen LogP contribution in [0.25, 0.3) is 22.5 Å². The van der Waals surface area contributed by atoms with E-state index < -0.39 is 5.91 Å². The minimum Gasteiger partial charge on any atom is -0.497 e. The Kier molecular flexibility index (Phi) is 5.47. The predicted octanol–water partition coefficient (Wildman–Crippen LogP) is 3.94. The average Bonchev–Trinajstić information content (AvgIpc) is 3.48. The molecule has 2 aromatic carbocycles. The third-order valence-corrected chi connectivity index (χ3v) is 4.49. The summed E-state index contributed by atoms with van der Waals surface area (Å²) in [5, 5.41) is 10.7. The first-order chi connectivity index (χ1) is 14.7. The molecule has 0 atom stereocenters. The number of hydrogen-bond acceptors (Lipinski definition) is 7. The lowest BCUT2D eigenvalue weighted by Crippen LogP contribution is -2.21. The van der Waals surface area contributed by atoms with Gasteiger partial charge in [-0.3, -0.25) is 4.79 Å². The van der Waals surface area contributed by atoms with E-state index in [1.807, 2.05) is 48.5 Å². The second-order valence-corrected chi connectivity index (χ2v) is 6.39. The van der Waals surface area contributed by atoms with Gasteiger partial charge in [0.25, 0.3) is 5.91 Å². The fraction of sp³-hybridized carbons (Fsp3) is 0.136. The molecule has 8 heteroatoms. The van der Waals surface area contributed by atoms with Gasteiger partial charge in [-0.25, -0.2) is 0 Å². The zero-order valence-corrected chi connectivity index (χ0v) is 16.4. The second-order valence-electron chi connectivity index (χ2n) is 6.39. The van der Waals surface area contributed by atoms with Crippen LogP contribution in [0.15, 0.2) is 69.7 Å². The fourth-order valence-corrected chi connectivity index (χ4v) is 2.83. The number of carbonyl (C=O) groups excluding carboxylic acids is 1. The molecule has 0 aliphatic carbocycles. The molecule has 1 amide bonds. The maximum Gasteiger partial charge on any atom is 0.290 e. The number of nitrogens with one attached hydrogen (secondary N) is 1. The van der Waals surface area contributed by atoms with Crippen LogP contribution >= 0.6 is 0 Å². The standard InChI is InChI=1S/C22H19N3O5/c1-27-16-7-3-14(4-8-16)19-11-18(29-24-19)13-23-22(26)21-12-20(25-30-21)15-5-9-17(28-2)10-6-15/h3-12H,13H2,1-2H3,(H,23,26). The van der Waals surface area contributed by atoms with Crippen molar-refractivity contribution in [2.75, 3.05) is 14.2 Å². The quantitative estimate of drug-likeness (QED) is 0.497. The van der Waals surface area contributed by atoms with E-state index in [1.54, 1.807) is 26.4 Å². The van der Waals surface area contributed by atoms with Crippen LogP contribution in [0.2, 0.25) is 0 Å². The molecule has 0 radical (unpaired) electrons. The summed E-state index contributed by atoms with van der Waals surface area (Å²) in [7, 11) is 3.21. The SMILES string of the molecule is COc1ccc(-c2cc(CNC(=O)c3cc(-c4ccc(OC)cc4)no3)on2)cc1. The summed E-state index contributed by atoms with van der Waals surface area (Å²) >= 11 is 0. The Morgan fingerprint density at radius 1 is 0.833 bits per heavy atom. The van der Waals surface area contributed by atoms with Crippen LogP contribution < -0.4 is 14.8 Å². The summed E-state index contributed by atoms with van der Waals surface area (Å²) in [6.45, 7) is 0.167. The van der Waals surface area contributed by atoms with Crippen molar-refractivity contribution >= 4 is 5.91 Å². The highest BCUT2D eigenvalue weighted by atomic mass is 16.5. The summed E-state index contributed by atoms with van der Waals surface area (Å²) in [6, 6.07) is 18.1. The number of hydrogen-bond donors (Lipinski definition) is 1. The van der Waals surface area contributed by atoms with Crippen LogP contribution in [0.1, 0.15) is 16.3 Å². The molecule has 0 unspecified atom stereocenters. The van der Waals surface area contributed by atoms with E-state index in [1.165, 1.54) is 0 Å². The third kappa shape index (κ3) is 4.17. The number of aromatic nitrogens is 2. The number of rotatable bonds is 7. The molecule has 8 nitrogen and oxygen atoms in total. The number of nitrogens with zero attached hydrogens (tertiary/aromatic N) is 2. The Hall–Kier alpha value is -4.07. The molecule has 0 aliphatic heterocycles. The lowest BCUT2D eigenvalue weighted by molar-refractivity contribution is 0.0910. The molecule has 0 saturated carbocycles. The molecule has 0 aliphatic rings. The molecule has 4 aromatic rings. The number of ether oxygens (including phenoxy) is 2. The first-order valence-corrected chi connectivity index (χ1v) is 9.15. The molecular weight excluding hydrogens is 386 g/mol. The molecule has 2 aromatic heterocycles. The van der Waals surface area contributed by atoms with E-state index in [-0.39, 0.29) is 12.3 Å². The van der Waals surface area contributed by atoms with E-state index in [0.29, 0.717) is 17.1 Å². The second kappa shape index (κ2) is 8.52. The van der Waals surface area contributed by atoms with E-state index in [9.17, 15) is 4.79 Å². The van der Waals surface area contributed by atoms with Crippen molar-refractivity contribution in [2.45, 2.75) is 6.54 Å². The Morgan fingerprint density at radius 3 is 1.93 bits per heavy atom. The van der Waals surface area contributed by atoms with Gasteiger partial charge in [-0.1, -0.05) is 10.3 Å². The zero-order chi connectivity index (χ0) is 20.9. The normalized spacial score (nSPS) is 10.6. The van der Waals surface area contributed by atoms with Crippen molar-refractivity contribution in [3.8, 4) is 34.0 Å². The molecule has 0 spiro atoms. The predicted molar refractivity (Wildman–Crippen MR) is 108 cm³/mol. The van der Waals surface area contributed by atoms with Crippen molar-refractivity contribution in [1.29, 1.82) is 0 Å². The molecule has 30 heavy (non-hydrogen) atoms. The Labute approximate surface area is 172 Å². The maximum absolute atomic E-state index is 12.4. The van der Waals surface area contributed by atoms with Crippen molar-refractivity contribution in [3.05, 3.63) is 72.2 Å². The van der Waals surface area contributed by atoms with Crippen molar-refractivity contribution in [1.82, 2.24) is 15.6 Å². The fourth-order valence-electron chi connectivity index (χ4n) is 2.83. The molecule has 152 valence electrons. The van der Waals surface area contributed by atoms with Crippen LogP contribution in [0.4, 0.5) is 0 Å². The van der Waals surface area contributed by atoms with Gasteiger partial charge < -0.3 is 23.8 Å². The van der Waals surface area contributed by atoms with Gasteiger partial charge in [0.15, 0.2) is 5.76 Å². The van der Waals surface area contributed by atoms with Crippen molar-refractivity contribution in [2.24, 2.45) is 0 Å². The number of methoxy groups -OCH3 is 2.